The van der Waals surface area contributed by atoms with Gasteiger partial charge in [0.1, 0.15) is 0 Å². The smallest absolute Gasteiger partial charge is 0.293 e. The normalized spacial score (nSPS) is 14.8. The lowest BCUT2D eigenvalue weighted by Gasteiger charge is -2.15. The maximum absolute atomic E-state index is 13.2. The summed E-state index contributed by atoms with van der Waals surface area (Å²) in [6.45, 7) is 0.193. The van der Waals surface area contributed by atoms with Crippen LogP contribution in [0.15, 0.2) is 30.3 Å². The van der Waals surface area contributed by atoms with Crippen LogP contribution < -0.4 is 0 Å². The lowest BCUT2D eigenvalue weighted by Crippen LogP contribution is -2.08. The van der Waals surface area contributed by atoms with Gasteiger partial charge in [0.2, 0.25) is 0 Å². The molecule has 1 aromatic carbocycles. The molecule has 0 N–H and O–H groups in total. The molecule has 0 bridgehead atoms. The zero-order chi connectivity index (χ0) is 12.7. The third kappa shape index (κ3) is 5.44. The maximum atomic E-state index is 13.2. The molecule has 0 aliphatic heterocycles. The molecule has 0 aliphatic rings. The van der Waals surface area contributed by atoms with Crippen LogP contribution in [0.1, 0.15) is 18.4 Å². The summed E-state index contributed by atoms with van der Waals surface area (Å²) in [5.41, 5.74) is 1.25. The average molecular weight is 259 g/mol. The van der Waals surface area contributed by atoms with E-state index in [4.69, 9.17) is 4.52 Å². The zero-order valence-electron chi connectivity index (χ0n) is 10.3. The Bertz CT molecular complexity index is 370. The monoisotopic (exact) mass is 259 g/mol. The first kappa shape index (κ1) is 14.4. The van der Waals surface area contributed by atoms with Gasteiger partial charge in [0.15, 0.2) is 0 Å². The number of hydrogen-bond acceptors (Lipinski definition) is 2. The van der Waals surface area contributed by atoms with E-state index < -0.39 is 7.83 Å². The minimum absolute atomic E-state index is 0.193. The second-order valence-electron chi connectivity index (χ2n) is 4.07. The summed E-state index contributed by atoms with van der Waals surface area (Å²) < 4.78 is 30.1. The van der Waals surface area contributed by atoms with Crippen molar-refractivity contribution in [2.24, 2.45) is 0 Å². The molecule has 1 atom stereocenters. The van der Waals surface area contributed by atoms with Crippen molar-refractivity contribution >= 4 is 7.83 Å². The van der Waals surface area contributed by atoms with Crippen molar-refractivity contribution in [1.82, 2.24) is 4.67 Å². The van der Waals surface area contributed by atoms with Gasteiger partial charge in [-0.3, -0.25) is 4.52 Å². The molecule has 0 heterocycles. The summed E-state index contributed by atoms with van der Waals surface area (Å²) in [5, 5.41) is 0. The summed E-state index contributed by atoms with van der Waals surface area (Å²) >= 11 is 0. The van der Waals surface area contributed by atoms with E-state index in [1.165, 1.54) is 19.7 Å². The van der Waals surface area contributed by atoms with Crippen molar-refractivity contribution in [1.29, 1.82) is 0 Å². The number of aryl methyl sites for hydroxylation is 1. The maximum Gasteiger partial charge on any atom is 0.444 e. The Morgan fingerprint density at radius 2 is 1.88 bits per heavy atom. The minimum atomic E-state index is -4.04. The molecule has 0 aliphatic carbocycles. The Morgan fingerprint density at radius 3 is 2.47 bits per heavy atom. The molecule has 0 spiro atoms. The second kappa shape index (κ2) is 6.90. The molecular formula is C12H19FNO2P. The fraction of sp³-hybridized carbons (Fsp3) is 0.500. The molecule has 0 fully saturated rings. The summed E-state index contributed by atoms with van der Waals surface area (Å²) in [6.07, 6.45) is 2.54. The quantitative estimate of drug-likeness (QED) is 0.552. The predicted octanol–water partition coefficient (Wildman–Crippen LogP) is 3.67. The number of hydrogen-bond donors (Lipinski definition) is 0. The molecule has 3 nitrogen and oxygen atoms in total. The fourth-order valence-corrected chi connectivity index (χ4v) is 1.95. The highest BCUT2D eigenvalue weighted by Crippen LogP contribution is 2.50. The highest BCUT2D eigenvalue weighted by molar-refractivity contribution is 7.50. The molecule has 1 aromatic rings. The Kier molecular flexibility index (Phi) is 5.83. The Balaban J connectivity index is 2.16. The van der Waals surface area contributed by atoms with Crippen LogP contribution in [0.4, 0.5) is 4.20 Å². The van der Waals surface area contributed by atoms with Crippen LogP contribution in [0.25, 0.3) is 0 Å². The Labute approximate surface area is 102 Å². The van der Waals surface area contributed by atoms with Crippen LogP contribution in [0.5, 0.6) is 0 Å². The van der Waals surface area contributed by atoms with Crippen LogP contribution in [0, 0.1) is 0 Å². The van der Waals surface area contributed by atoms with E-state index in [1.54, 1.807) is 0 Å². The van der Waals surface area contributed by atoms with Crippen LogP contribution >= 0.6 is 7.83 Å². The van der Waals surface area contributed by atoms with Crippen LogP contribution in [-0.2, 0) is 15.5 Å². The van der Waals surface area contributed by atoms with Gasteiger partial charge >= 0.3 is 7.83 Å². The molecule has 0 saturated carbocycles. The molecule has 5 heteroatoms. The number of nitrogens with zero attached hydrogens (tertiary/aromatic N) is 1. The molecule has 1 unspecified atom stereocenters. The van der Waals surface area contributed by atoms with Crippen LogP contribution in [-0.4, -0.2) is 25.4 Å². The van der Waals surface area contributed by atoms with Crippen molar-refractivity contribution in [2.45, 2.75) is 19.3 Å². The standard InChI is InChI=1S/C12H19FNO2P/c1-14(2)17(13,15)16-11-7-6-10-12-8-4-3-5-9-12/h3-5,8-9H,6-7,10-11H2,1-2H3. The third-order valence-corrected chi connectivity index (χ3v) is 3.89. The van der Waals surface area contributed by atoms with E-state index >= 15 is 0 Å². The summed E-state index contributed by atoms with van der Waals surface area (Å²) in [6, 6.07) is 10.1. The molecular weight excluding hydrogens is 240 g/mol. The van der Waals surface area contributed by atoms with Crippen LogP contribution in [0.3, 0.4) is 0 Å². The topological polar surface area (TPSA) is 29.5 Å². The second-order valence-corrected chi connectivity index (χ2v) is 6.04. The van der Waals surface area contributed by atoms with Crippen molar-refractivity contribution < 1.29 is 13.3 Å². The number of rotatable bonds is 7. The van der Waals surface area contributed by atoms with Crippen molar-refractivity contribution in [3.05, 3.63) is 35.9 Å². The molecule has 17 heavy (non-hydrogen) atoms. The van der Waals surface area contributed by atoms with Crippen molar-refractivity contribution in [2.75, 3.05) is 20.7 Å². The van der Waals surface area contributed by atoms with E-state index in [2.05, 4.69) is 12.1 Å². The highest BCUT2D eigenvalue weighted by Gasteiger charge is 2.24. The lowest BCUT2D eigenvalue weighted by molar-refractivity contribution is 0.245. The first-order valence-corrected chi connectivity index (χ1v) is 7.15. The lowest BCUT2D eigenvalue weighted by atomic mass is 10.1. The number of halogens is 1. The van der Waals surface area contributed by atoms with Gasteiger partial charge in [-0.1, -0.05) is 30.3 Å². The summed E-state index contributed by atoms with van der Waals surface area (Å²) in [7, 11) is -1.23. The van der Waals surface area contributed by atoms with Crippen LogP contribution in [0.2, 0.25) is 0 Å². The highest BCUT2D eigenvalue weighted by atomic mass is 31.2. The predicted molar refractivity (Wildman–Crippen MR) is 67.7 cm³/mol. The molecule has 1 rings (SSSR count). The fourth-order valence-electron chi connectivity index (χ4n) is 1.37. The van der Waals surface area contributed by atoms with Gasteiger partial charge in [-0.2, -0.15) is 0 Å². The largest absolute Gasteiger partial charge is 0.444 e. The molecule has 0 radical (unpaired) electrons. The van der Waals surface area contributed by atoms with Gasteiger partial charge in [-0.25, -0.2) is 9.24 Å². The van der Waals surface area contributed by atoms with E-state index in [0.717, 1.165) is 17.5 Å². The average Bonchev–Trinajstić information content (AvgIpc) is 2.29. The first-order chi connectivity index (χ1) is 8.02. The first-order valence-electron chi connectivity index (χ1n) is 5.68. The van der Waals surface area contributed by atoms with Gasteiger partial charge in [0, 0.05) is 0 Å². The van der Waals surface area contributed by atoms with Gasteiger partial charge in [0.25, 0.3) is 0 Å². The van der Waals surface area contributed by atoms with Gasteiger partial charge in [-0.05, 0) is 38.9 Å². The van der Waals surface area contributed by atoms with E-state index in [0.29, 0.717) is 6.42 Å². The summed E-state index contributed by atoms with van der Waals surface area (Å²) in [5.74, 6) is 0. The molecule has 0 saturated heterocycles. The minimum Gasteiger partial charge on any atom is -0.293 e. The number of unbranched alkanes of at least 4 members (excludes halogenated alkanes) is 1. The van der Waals surface area contributed by atoms with Gasteiger partial charge in [-0.15, -0.1) is 4.20 Å². The Morgan fingerprint density at radius 1 is 1.24 bits per heavy atom. The van der Waals surface area contributed by atoms with Gasteiger partial charge < -0.3 is 0 Å². The molecule has 96 valence electrons. The van der Waals surface area contributed by atoms with E-state index in [9.17, 15) is 8.76 Å². The summed E-state index contributed by atoms with van der Waals surface area (Å²) in [4.78, 5) is 0. The SMILES string of the molecule is CN(C)P(=O)(F)OCCCCc1ccccc1. The van der Waals surface area contributed by atoms with E-state index in [1.807, 2.05) is 18.2 Å². The molecule has 0 aromatic heterocycles. The Hall–Kier alpha value is -0.700. The van der Waals surface area contributed by atoms with E-state index in [-0.39, 0.29) is 6.61 Å². The zero-order valence-corrected chi connectivity index (χ0v) is 11.2. The third-order valence-electron chi connectivity index (χ3n) is 2.43. The van der Waals surface area contributed by atoms with Crippen molar-refractivity contribution in [3.63, 3.8) is 0 Å². The molecule has 0 amide bonds. The van der Waals surface area contributed by atoms with Gasteiger partial charge in [0.05, 0.1) is 6.61 Å². The number of benzene rings is 1. The van der Waals surface area contributed by atoms with Crippen molar-refractivity contribution in [3.8, 4) is 0 Å².